The Balaban J connectivity index is 0.00000306. The Kier molecular flexibility index (Phi) is 10.2. The van der Waals surface area contributed by atoms with Crippen molar-refractivity contribution in [3.63, 3.8) is 0 Å². The monoisotopic (exact) mass is 558 g/mol. The van der Waals surface area contributed by atoms with Gasteiger partial charge in [-0.1, -0.05) is 54.6 Å². The standard InChI is InChI=1S/C26H34N6.HI/c1-2-28-26(29-18-22-10-12-23(13-11-22)20-31-17-14-27-21-31)30-19-25(32-15-6-7-16-32)24-8-4-3-5-9-24;/h3-5,8-14,17,21,25H,2,6-7,15-16,18-20H2,1H3,(H2,28,29,30);1H. The highest BCUT2D eigenvalue weighted by molar-refractivity contribution is 14.0. The van der Waals surface area contributed by atoms with E-state index in [1.54, 1.807) is 0 Å². The average Bonchev–Trinajstić information content (AvgIpc) is 3.54. The van der Waals surface area contributed by atoms with Crippen LogP contribution in [0.25, 0.3) is 0 Å². The Morgan fingerprint density at radius 2 is 1.73 bits per heavy atom. The van der Waals surface area contributed by atoms with Crippen LogP contribution in [-0.2, 0) is 13.1 Å². The van der Waals surface area contributed by atoms with Gasteiger partial charge in [-0.25, -0.2) is 9.98 Å². The molecule has 0 amide bonds. The molecule has 2 heterocycles. The van der Waals surface area contributed by atoms with Gasteiger partial charge in [0.2, 0.25) is 0 Å². The summed E-state index contributed by atoms with van der Waals surface area (Å²) in [7, 11) is 0. The Bertz CT molecular complexity index is 950. The van der Waals surface area contributed by atoms with Crippen LogP contribution in [0.1, 0.15) is 42.5 Å². The molecular weight excluding hydrogens is 523 g/mol. The fourth-order valence-corrected chi connectivity index (χ4v) is 4.23. The molecule has 0 spiro atoms. The molecule has 4 rings (SSSR count). The molecule has 7 heteroatoms. The smallest absolute Gasteiger partial charge is 0.191 e. The molecule has 3 aromatic rings. The van der Waals surface area contributed by atoms with Crippen molar-refractivity contribution in [2.24, 2.45) is 4.99 Å². The van der Waals surface area contributed by atoms with Crippen molar-refractivity contribution < 1.29 is 0 Å². The third-order valence-electron chi connectivity index (χ3n) is 5.94. The number of likely N-dealkylation sites (tertiary alicyclic amines) is 1. The second kappa shape index (κ2) is 13.3. The fraction of sp³-hybridized carbons (Fsp3) is 0.385. The number of aliphatic imine (C=N–C) groups is 1. The SMILES string of the molecule is CCNC(=NCc1ccc(Cn2ccnc2)cc1)NCC(c1ccccc1)N1CCCC1.I. The first-order chi connectivity index (χ1) is 15.8. The largest absolute Gasteiger partial charge is 0.357 e. The van der Waals surface area contributed by atoms with Gasteiger partial charge in [-0.15, -0.1) is 24.0 Å². The van der Waals surface area contributed by atoms with E-state index in [-0.39, 0.29) is 24.0 Å². The Labute approximate surface area is 214 Å². The minimum Gasteiger partial charge on any atom is -0.357 e. The van der Waals surface area contributed by atoms with Crippen LogP contribution in [0.3, 0.4) is 0 Å². The van der Waals surface area contributed by atoms with E-state index in [1.165, 1.54) is 42.6 Å². The van der Waals surface area contributed by atoms with Crippen LogP contribution in [0.5, 0.6) is 0 Å². The normalized spacial score (nSPS) is 15.1. The summed E-state index contributed by atoms with van der Waals surface area (Å²) in [5.74, 6) is 0.870. The van der Waals surface area contributed by atoms with Gasteiger partial charge in [-0.2, -0.15) is 0 Å². The molecule has 1 saturated heterocycles. The Morgan fingerprint density at radius 3 is 2.39 bits per heavy atom. The lowest BCUT2D eigenvalue weighted by Gasteiger charge is -2.29. The number of imidazole rings is 1. The predicted octanol–water partition coefficient (Wildman–Crippen LogP) is 4.44. The quantitative estimate of drug-likeness (QED) is 0.232. The molecule has 0 radical (unpaired) electrons. The van der Waals surface area contributed by atoms with E-state index in [2.05, 4.69) is 86.6 Å². The van der Waals surface area contributed by atoms with Crippen molar-refractivity contribution >= 4 is 29.9 Å². The number of hydrogen-bond donors (Lipinski definition) is 2. The first kappa shape index (κ1) is 25.2. The lowest BCUT2D eigenvalue weighted by atomic mass is 10.1. The van der Waals surface area contributed by atoms with Crippen molar-refractivity contribution in [3.05, 3.63) is 90.0 Å². The number of rotatable bonds is 9. The number of halogens is 1. The van der Waals surface area contributed by atoms with Crippen LogP contribution < -0.4 is 10.6 Å². The van der Waals surface area contributed by atoms with Crippen molar-refractivity contribution in [1.82, 2.24) is 25.1 Å². The summed E-state index contributed by atoms with van der Waals surface area (Å²) < 4.78 is 2.07. The predicted molar refractivity (Wildman–Crippen MR) is 146 cm³/mol. The maximum absolute atomic E-state index is 4.84. The molecule has 176 valence electrons. The lowest BCUT2D eigenvalue weighted by Crippen LogP contribution is -2.42. The molecule has 2 N–H and O–H groups in total. The van der Waals surface area contributed by atoms with Gasteiger partial charge in [0, 0.05) is 32.0 Å². The van der Waals surface area contributed by atoms with Gasteiger partial charge in [0.05, 0.1) is 18.9 Å². The van der Waals surface area contributed by atoms with Crippen molar-refractivity contribution in [2.45, 2.75) is 38.9 Å². The zero-order chi connectivity index (χ0) is 22.0. The summed E-state index contributed by atoms with van der Waals surface area (Å²) in [6.45, 7) is 7.62. The number of guanidine groups is 1. The molecule has 6 nitrogen and oxygen atoms in total. The fourth-order valence-electron chi connectivity index (χ4n) is 4.23. The topological polar surface area (TPSA) is 57.5 Å². The molecule has 1 atom stereocenters. The first-order valence-corrected chi connectivity index (χ1v) is 11.7. The maximum Gasteiger partial charge on any atom is 0.191 e. The van der Waals surface area contributed by atoms with Crippen LogP contribution in [-0.4, -0.2) is 46.6 Å². The maximum atomic E-state index is 4.84. The summed E-state index contributed by atoms with van der Waals surface area (Å²) in [5.41, 5.74) is 3.83. The van der Waals surface area contributed by atoms with Crippen molar-refractivity contribution in [3.8, 4) is 0 Å². The lowest BCUT2D eigenvalue weighted by molar-refractivity contribution is 0.245. The van der Waals surface area contributed by atoms with Crippen molar-refractivity contribution in [2.75, 3.05) is 26.2 Å². The van der Waals surface area contributed by atoms with Gasteiger partial charge < -0.3 is 15.2 Å². The van der Waals surface area contributed by atoms with Gasteiger partial charge >= 0.3 is 0 Å². The van der Waals surface area contributed by atoms with E-state index >= 15 is 0 Å². The second-order valence-electron chi connectivity index (χ2n) is 8.30. The molecular formula is C26H35IN6. The highest BCUT2D eigenvalue weighted by Crippen LogP contribution is 2.24. The van der Waals surface area contributed by atoms with Crippen LogP contribution in [0, 0.1) is 0 Å². The average molecular weight is 559 g/mol. The Morgan fingerprint density at radius 1 is 1.00 bits per heavy atom. The van der Waals surface area contributed by atoms with E-state index < -0.39 is 0 Å². The van der Waals surface area contributed by atoms with Gasteiger partial charge in [-0.05, 0) is 49.5 Å². The minimum absolute atomic E-state index is 0. The number of hydrogen-bond acceptors (Lipinski definition) is 3. The Hall–Kier alpha value is -2.39. The number of aromatic nitrogens is 2. The van der Waals surface area contributed by atoms with Gasteiger partial charge in [-0.3, -0.25) is 4.90 Å². The number of nitrogens with one attached hydrogen (secondary N) is 2. The molecule has 1 fully saturated rings. The molecule has 1 aromatic heterocycles. The minimum atomic E-state index is 0. The van der Waals surface area contributed by atoms with Gasteiger partial charge in [0.25, 0.3) is 0 Å². The van der Waals surface area contributed by atoms with Crippen LogP contribution >= 0.6 is 24.0 Å². The highest BCUT2D eigenvalue weighted by atomic mass is 127. The molecule has 0 aliphatic carbocycles. The van der Waals surface area contributed by atoms with Crippen LogP contribution in [0.2, 0.25) is 0 Å². The number of nitrogens with zero attached hydrogens (tertiary/aromatic N) is 4. The molecule has 1 aliphatic heterocycles. The van der Waals surface area contributed by atoms with Gasteiger partial charge in [0.15, 0.2) is 5.96 Å². The molecule has 2 aromatic carbocycles. The van der Waals surface area contributed by atoms with Gasteiger partial charge in [0.1, 0.15) is 0 Å². The van der Waals surface area contributed by atoms with E-state index in [0.29, 0.717) is 12.6 Å². The van der Waals surface area contributed by atoms with Crippen molar-refractivity contribution in [1.29, 1.82) is 0 Å². The van der Waals surface area contributed by atoms with Crippen LogP contribution in [0.15, 0.2) is 78.3 Å². The highest BCUT2D eigenvalue weighted by Gasteiger charge is 2.23. The second-order valence-corrected chi connectivity index (χ2v) is 8.30. The third-order valence-corrected chi connectivity index (χ3v) is 5.94. The third kappa shape index (κ3) is 7.57. The van der Waals surface area contributed by atoms with Crippen LogP contribution in [0.4, 0.5) is 0 Å². The summed E-state index contributed by atoms with van der Waals surface area (Å²) >= 11 is 0. The molecule has 0 saturated carbocycles. The zero-order valence-corrected chi connectivity index (χ0v) is 21.7. The molecule has 0 bridgehead atoms. The first-order valence-electron chi connectivity index (χ1n) is 11.7. The summed E-state index contributed by atoms with van der Waals surface area (Å²) in [6, 6.07) is 19.9. The summed E-state index contributed by atoms with van der Waals surface area (Å²) in [4.78, 5) is 11.5. The van der Waals surface area contributed by atoms with E-state index in [9.17, 15) is 0 Å². The zero-order valence-electron chi connectivity index (χ0n) is 19.4. The molecule has 1 aliphatic rings. The molecule has 1 unspecified atom stereocenters. The number of benzene rings is 2. The summed E-state index contributed by atoms with van der Waals surface area (Å²) in [6.07, 6.45) is 8.21. The summed E-state index contributed by atoms with van der Waals surface area (Å²) in [5, 5.41) is 7.00. The van der Waals surface area contributed by atoms with E-state index in [0.717, 1.165) is 25.6 Å². The molecule has 33 heavy (non-hydrogen) atoms. The van der Waals surface area contributed by atoms with E-state index in [4.69, 9.17) is 4.99 Å². The van der Waals surface area contributed by atoms with E-state index in [1.807, 2.05) is 18.7 Å².